The molecule has 0 spiro atoms. The van der Waals surface area contributed by atoms with E-state index in [-0.39, 0.29) is 39.1 Å². The second kappa shape index (κ2) is 14.8. The van der Waals surface area contributed by atoms with E-state index in [0.29, 0.717) is 17.0 Å². The molecule has 1 atom stereocenters. The Balaban J connectivity index is 1.74. The molecule has 3 aromatic carbocycles. The Bertz CT molecular complexity index is 1520. The summed E-state index contributed by atoms with van der Waals surface area (Å²) in [7, 11) is -4.25. The molecule has 0 unspecified atom stereocenters. The van der Waals surface area contributed by atoms with E-state index in [9.17, 15) is 18.0 Å². The Labute approximate surface area is 269 Å². The zero-order chi connectivity index (χ0) is 31.1. The lowest BCUT2D eigenvalue weighted by atomic mass is 9.95. The molecule has 0 aliphatic heterocycles. The maximum Gasteiger partial charge on any atom is 0.264 e. The maximum atomic E-state index is 14.3. The van der Waals surface area contributed by atoms with Crippen LogP contribution in [0.15, 0.2) is 71.6 Å². The topological polar surface area (TPSA) is 86.8 Å². The van der Waals surface area contributed by atoms with Gasteiger partial charge in [0.1, 0.15) is 12.6 Å². The SMILES string of the molecule is CC[C@H](C(=O)NC1CCCCC1)N(Cc1ccccc1Cl)C(=O)CN(c1cc(Cl)cc(Cl)c1)S(=O)(=O)c1ccc(C)cc1. The molecule has 1 aliphatic rings. The number of hydrogen-bond acceptors (Lipinski definition) is 4. The van der Waals surface area contributed by atoms with Gasteiger partial charge in [0.05, 0.1) is 10.6 Å². The number of hydrogen-bond donors (Lipinski definition) is 1. The van der Waals surface area contributed by atoms with E-state index >= 15 is 0 Å². The second-order valence-electron chi connectivity index (χ2n) is 10.8. The van der Waals surface area contributed by atoms with Gasteiger partial charge in [0.15, 0.2) is 0 Å². The second-order valence-corrected chi connectivity index (χ2v) is 14.0. The summed E-state index contributed by atoms with van der Waals surface area (Å²) in [5.41, 5.74) is 1.65. The number of nitrogens with zero attached hydrogens (tertiary/aromatic N) is 2. The molecule has 0 bridgehead atoms. The van der Waals surface area contributed by atoms with Crippen LogP contribution in [0.1, 0.15) is 56.6 Å². The first-order valence-corrected chi connectivity index (χ1v) is 17.0. The first-order chi connectivity index (χ1) is 20.5. The van der Waals surface area contributed by atoms with Crippen molar-refractivity contribution < 1.29 is 18.0 Å². The van der Waals surface area contributed by atoms with Crippen LogP contribution in [-0.4, -0.2) is 43.8 Å². The molecule has 0 heterocycles. The predicted molar refractivity (Wildman–Crippen MR) is 173 cm³/mol. The Kier molecular flexibility index (Phi) is 11.4. The van der Waals surface area contributed by atoms with Gasteiger partial charge in [0, 0.05) is 27.7 Å². The highest BCUT2D eigenvalue weighted by Crippen LogP contribution is 2.31. The van der Waals surface area contributed by atoms with Gasteiger partial charge in [-0.05, 0) is 68.1 Å². The zero-order valence-electron chi connectivity index (χ0n) is 24.2. The first kappa shape index (κ1) is 33.1. The van der Waals surface area contributed by atoms with E-state index in [1.54, 1.807) is 36.4 Å². The van der Waals surface area contributed by atoms with Crippen LogP contribution in [0.4, 0.5) is 5.69 Å². The average molecular weight is 665 g/mol. The van der Waals surface area contributed by atoms with Crippen molar-refractivity contribution in [3.05, 3.63) is 92.9 Å². The summed E-state index contributed by atoms with van der Waals surface area (Å²) in [5, 5.41) is 4.00. The van der Waals surface area contributed by atoms with Gasteiger partial charge >= 0.3 is 0 Å². The molecule has 4 rings (SSSR count). The van der Waals surface area contributed by atoms with Crippen LogP contribution in [0.3, 0.4) is 0 Å². The van der Waals surface area contributed by atoms with Crippen molar-refractivity contribution in [2.45, 2.75) is 75.9 Å². The molecule has 1 saturated carbocycles. The van der Waals surface area contributed by atoms with Gasteiger partial charge in [-0.3, -0.25) is 13.9 Å². The van der Waals surface area contributed by atoms with Crippen molar-refractivity contribution >= 4 is 62.3 Å². The number of benzene rings is 3. The molecule has 0 saturated heterocycles. The third kappa shape index (κ3) is 8.44. The van der Waals surface area contributed by atoms with E-state index in [4.69, 9.17) is 34.8 Å². The predicted octanol–water partition coefficient (Wildman–Crippen LogP) is 7.41. The summed E-state index contributed by atoms with van der Waals surface area (Å²) >= 11 is 19.0. The van der Waals surface area contributed by atoms with Gasteiger partial charge in [-0.25, -0.2) is 8.42 Å². The van der Waals surface area contributed by atoms with Crippen molar-refractivity contribution in [1.82, 2.24) is 10.2 Å². The van der Waals surface area contributed by atoms with Crippen molar-refractivity contribution in [3.63, 3.8) is 0 Å². The summed E-state index contributed by atoms with van der Waals surface area (Å²) in [6.45, 7) is 3.11. The van der Waals surface area contributed by atoms with Gasteiger partial charge in [-0.2, -0.15) is 0 Å². The van der Waals surface area contributed by atoms with Crippen LogP contribution >= 0.6 is 34.8 Å². The summed E-state index contributed by atoms with van der Waals surface area (Å²) in [4.78, 5) is 29.3. The lowest BCUT2D eigenvalue weighted by Gasteiger charge is -2.34. The number of nitrogens with one attached hydrogen (secondary N) is 1. The van der Waals surface area contributed by atoms with Crippen molar-refractivity contribution in [2.24, 2.45) is 0 Å². The van der Waals surface area contributed by atoms with E-state index in [1.807, 2.05) is 13.8 Å². The molecule has 2 amide bonds. The summed E-state index contributed by atoms with van der Waals surface area (Å²) < 4.78 is 29.1. The molecule has 0 aromatic heterocycles. The first-order valence-electron chi connectivity index (χ1n) is 14.4. The van der Waals surface area contributed by atoms with E-state index in [0.717, 1.165) is 42.0 Å². The minimum atomic E-state index is -4.25. The number of anilines is 1. The van der Waals surface area contributed by atoms with Crippen molar-refractivity contribution in [3.8, 4) is 0 Å². The third-order valence-corrected chi connectivity index (χ3v) is 10.3. The number of aryl methyl sites for hydroxylation is 1. The van der Waals surface area contributed by atoms with Crippen LogP contribution < -0.4 is 9.62 Å². The van der Waals surface area contributed by atoms with Crippen LogP contribution in [0, 0.1) is 6.92 Å². The highest BCUT2D eigenvalue weighted by atomic mass is 35.5. The fraction of sp³-hybridized carbons (Fsp3) is 0.375. The molecular formula is C32H36Cl3N3O4S. The number of amides is 2. The lowest BCUT2D eigenvalue weighted by molar-refractivity contribution is -0.140. The Morgan fingerprint density at radius 3 is 2.16 bits per heavy atom. The van der Waals surface area contributed by atoms with Gasteiger partial charge < -0.3 is 10.2 Å². The average Bonchev–Trinajstić information content (AvgIpc) is 2.96. The molecule has 11 heteroatoms. The molecule has 43 heavy (non-hydrogen) atoms. The molecular weight excluding hydrogens is 629 g/mol. The van der Waals surface area contributed by atoms with Crippen molar-refractivity contribution in [1.29, 1.82) is 0 Å². The number of carbonyl (C=O) groups is 2. The normalized spacial score (nSPS) is 14.6. The Morgan fingerprint density at radius 2 is 1.56 bits per heavy atom. The van der Waals surface area contributed by atoms with Crippen molar-refractivity contribution in [2.75, 3.05) is 10.8 Å². The van der Waals surface area contributed by atoms with Gasteiger partial charge in [-0.15, -0.1) is 0 Å². The van der Waals surface area contributed by atoms with Crippen LogP contribution in [-0.2, 0) is 26.2 Å². The van der Waals surface area contributed by atoms with Crippen LogP contribution in [0.2, 0.25) is 15.1 Å². The molecule has 1 aliphatic carbocycles. The number of carbonyl (C=O) groups excluding carboxylic acids is 2. The standard InChI is InChI=1S/C32H36Cl3N3O4S/c1-3-30(32(40)36-26-10-5-4-6-11-26)37(20-23-9-7-8-12-29(23)35)31(39)21-38(27-18-24(33)17-25(34)19-27)43(41,42)28-15-13-22(2)14-16-28/h7-9,12-19,26,30H,3-6,10-11,20-21H2,1-2H3,(H,36,40)/t30-/m1/s1. The minimum Gasteiger partial charge on any atom is -0.352 e. The van der Waals surface area contributed by atoms with E-state index in [1.165, 1.54) is 35.2 Å². The monoisotopic (exact) mass is 663 g/mol. The highest BCUT2D eigenvalue weighted by Gasteiger charge is 2.35. The maximum absolute atomic E-state index is 14.3. The van der Waals surface area contributed by atoms with Gasteiger partial charge in [0.25, 0.3) is 10.0 Å². The lowest BCUT2D eigenvalue weighted by Crippen LogP contribution is -2.54. The number of sulfonamides is 1. The quantitative estimate of drug-likeness (QED) is 0.231. The molecule has 1 fully saturated rings. The molecule has 7 nitrogen and oxygen atoms in total. The highest BCUT2D eigenvalue weighted by molar-refractivity contribution is 7.92. The fourth-order valence-corrected chi connectivity index (χ4v) is 7.43. The van der Waals surface area contributed by atoms with Crippen LogP contribution in [0.25, 0.3) is 0 Å². The summed E-state index contributed by atoms with van der Waals surface area (Å²) in [6.07, 6.45) is 5.31. The molecule has 3 aromatic rings. The van der Waals surface area contributed by atoms with E-state index in [2.05, 4.69) is 5.32 Å². The molecule has 230 valence electrons. The number of halogens is 3. The fourth-order valence-electron chi connectivity index (χ4n) is 5.32. The molecule has 1 N–H and O–H groups in total. The smallest absolute Gasteiger partial charge is 0.264 e. The summed E-state index contributed by atoms with van der Waals surface area (Å²) in [5.74, 6) is -0.842. The number of rotatable bonds is 11. The molecule has 0 radical (unpaired) electrons. The zero-order valence-corrected chi connectivity index (χ0v) is 27.3. The van der Waals surface area contributed by atoms with Gasteiger partial charge in [-0.1, -0.05) is 96.9 Å². The summed E-state index contributed by atoms with van der Waals surface area (Å²) in [6, 6.07) is 17.0. The third-order valence-electron chi connectivity index (χ3n) is 7.66. The van der Waals surface area contributed by atoms with Gasteiger partial charge in [0.2, 0.25) is 11.8 Å². The Morgan fingerprint density at radius 1 is 0.930 bits per heavy atom. The van der Waals surface area contributed by atoms with E-state index < -0.39 is 28.5 Å². The van der Waals surface area contributed by atoms with Crippen LogP contribution in [0.5, 0.6) is 0 Å². The minimum absolute atomic E-state index is 0.00161. The largest absolute Gasteiger partial charge is 0.352 e. The Hall–Kier alpha value is -2.78.